The monoisotopic (exact) mass is 377 g/mol. The number of hydrazone groups is 1. The first-order chi connectivity index (χ1) is 12.9. The summed E-state index contributed by atoms with van der Waals surface area (Å²) >= 11 is 1.58. The lowest BCUT2D eigenvalue weighted by Gasteiger charge is -2.31. The minimum Gasteiger partial charge on any atom is -0.306 e. The van der Waals surface area contributed by atoms with Gasteiger partial charge in [-0.1, -0.05) is 51.1 Å². The summed E-state index contributed by atoms with van der Waals surface area (Å²) in [5.41, 5.74) is 11.7. The molecule has 1 atom stereocenters. The van der Waals surface area contributed by atoms with E-state index >= 15 is 0 Å². The van der Waals surface area contributed by atoms with Gasteiger partial charge >= 0.3 is 0 Å². The lowest BCUT2D eigenvalue weighted by Crippen LogP contribution is -2.37. The predicted octanol–water partition coefficient (Wildman–Crippen LogP) is 4.26. The molecule has 1 aromatic carbocycles. The SMILES string of the molecule is CC(C)(C)c1csc(N2N=C(Cc3ccccn3)c3ccccc3C2N)n1. The fourth-order valence-electron chi connectivity index (χ4n) is 3.08. The highest BCUT2D eigenvalue weighted by Crippen LogP contribution is 2.35. The largest absolute Gasteiger partial charge is 0.306 e. The van der Waals surface area contributed by atoms with Crippen LogP contribution in [0, 0.1) is 0 Å². The van der Waals surface area contributed by atoms with Gasteiger partial charge in [0.25, 0.3) is 0 Å². The van der Waals surface area contributed by atoms with Gasteiger partial charge in [-0.05, 0) is 17.7 Å². The van der Waals surface area contributed by atoms with Crippen molar-refractivity contribution in [3.8, 4) is 0 Å². The van der Waals surface area contributed by atoms with Crippen molar-refractivity contribution >= 4 is 22.2 Å². The van der Waals surface area contributed by atoms with Crippen LogP contribution in [0.4, 0.5) is 5.13 Å². The molecule has 0 aliphatic carbocycles. The fraction of sp³-hybridized carbons (Fsp3) is 0.286. The molecule has 0 amide bonds. The third-order valence-corrected chi connectivity index (χ3v) is 5.44. The topological polar surface area (TPSA) is 67.4 Å². The Morgan fingerprint density at radius 1 is 1.11 bits per heavy atom. The van der Waals surface area contributed by atoms with Crippen molar-refractivity contribution in [3.63, 3.8) is 0 Å². The number of nitrogens with two attached hydrogens (primary N) is 1. The first-order valence-corrected chi connectivity index (χ1v) is 9.89. The quantitative estimate of drug-likeness (QED) is 0.740. The highest BCUT2D eigenvalue weighted by atomic mass is 32.1. The van der Waals surface area contributed by atoms with E-state index in [1.165, 1.54) is 0 Å². The normalized spacial score (nSPS) is 16.8. The van der Waals surface area contributed by atoms with Gasteiger partial charge in [-0.3, -0.25) is 4.98 Å². The maximum atomic E-state index is 6.57. The van der Waals surface area contributed by atoms with E-state index in [0.717, 1.165) is 33.4 Å². The molecular weight excluding hydrogens is 354 g/mol. The van der Waals surface area contributed by atoms with Crippen LogP contribution >= 0.6 is 11.3 Å². The molecule has 5 nitrogen and oxygen atoms in total. The first-order valence-electron chi connectivity index (χ1n) is 9.01. The maximum Gasteiger partial charge on any atom is 0.208 e. The average molecular weight is 378 g/mol. The molecule has 1 aliphatic rings. The number of thiazole rings is 1. The van der Waals surface area contributed by atoms with Crippen LogP contribution in [0.5, 0.6) is 0 Å². The van der Waals surface area contributed by atoms with Crippen molar-refractivity contribution in [3.05, 3.63) is 76.6 Å². The summed E-state index contributed by atoms with van der Waals surface area (Å²) in [4.78, 5) is 9.27. The second-order valence-corrected chi connectivity index (χ2v) is 8.52. The minimum absolute atomic E-state index is 0.00690. The molecule has 3 aromatic rings. The van der Waals surface area contributed by atoms with Crippen LogP contribution in [-0.2, 0) is 11.8 Å². The third kappa shape index (κ3) is 3.50. The Hall–Kier alpha value is -2.57. The summed E-state index contributed by atoms with van der Waals surface area (Å²) in [5.74, 6) is 0. The van der Waals surface area contributed by atoms with Crippen LogP contribution in [0.1, 0.15) is 49.5 Å². The Balaban J connectivity index is 1.76. The highest BCUT2D eigenvalue weighted by molar-refractivity contribution is 7.13. The molecule has 138 valence electrons. The smallest absolute Gasteiger partial charge is 0.208 e. The first kappa shape index (κ1) is 17.8. The van der Waals surface area contributed by atoms with Gasteiger partial charge in [0.1, 0.15) is 6.17 Å². The van der Waals surface area contributed by atoms with E-state index in [4.69, 9.17) is 15.8 Å². The molecule has 0 fully saturated rings. The molecule has 27 heavy (non-hydrogen) atoms. The van der Waals surface area contributed by atoms with Gasteiger partial charge in [0.15, 0.2) is 0 Å². The van der Waals surface area contributed by atoms with Crippen molar-refractivity contribution < 1.29 is 0 Å². The molecule has 0 saturated heterocycles. The molecule has 4 rings (SSSR count). The summed E-state index contributed by atoms with van der Waals surface area (Å²) < 4.78 is 0. The van der Waals surface area contributed by atoms with Crippen molar-refractivity contribution in [2.45, 2.75) is 38.8 Å². The van der Waals surface area contributed by atoms with E-state index in [9.17, 15) is 0 Å². The molecule has 2 N–H and O–H groups in total. The number of pyridine rings is 1. The molecular formula is C21H23N5S. The second kappa shape index (κ2) is 6.87. The van der Waals surface area contributed by atoms with E-state index in [1.807, 2.05) is 41.5 Å². The van der Waals surface area contributed by atoms with E-state index in [2.05, 4.69) is 43.3 Å². The molecule has 2 aromatic heterocycles. The van der Waals surface area contributed by atoms with Crippen molar-refractivity contribution in [2.24, 2.45) is 10.8 Å². The molecule has 0 bridgehead atoms. The van der Waals surface area contributed by atoms with Crippen LogP contribution in [0.15, 0.2) is 59.1 Å². The zero-order chi connectivity index (χ0) is 19.0. The minimum atomic E-state index is -0.354. The van der Waals surface area contributed by atoms with Crippen molar-refractivity contribution in [1.29, 1.82) is 0 Å². The van der Waals surface area contributed by atoms with E-state index in [0.29, 0.717) is 6.42 Å². The Bertz CT molecular complexity index is 971. The van der Waals surface area contributed by atoms with Crippen molar-refractivity contribution in [2.75, 3.05) is 5.01 Å². The zero-order valence-corrected chi connectivity index (χ0v) is 16.6. The number of anilines is 1. The third-order valence-electron chi connectivity index (χ3n) is 4.61. The Morgan fingerprint density at radius 3 is 2.59 bits per heavy atom. The predicted molar refractivity (Wildman–Crippen MR) is 111 cm³/mol. The van der Waals surface area contributed by atoms with Crippen LogP contribution in [0.2, 0.25) is 0 Å². The lowest BCUT2D eigenvalue weighted by molar-refractivity contribution is 0.569. The van der Waals surface area contributed by atoms with Gasteiger partial charge in [-0.25, -0.2) is 9.99 Å². The number of hydrogen-bond donors (Lipinski definition) is 1. The molecule has 1 aliphatic heterocycles. The number of rotatable bonds is 3. The summed E-state index contributed by atoms with van der Waals surface area (Å²) in [5, 5.41) is 9.66. The maximum absolute atomic E-state index is 6.57. The van der Waals surface area contributed by atoms with Gasteiger partial charge in [0, 0.05) is 34.7 Å². The number of benzene rings is 1. The number of nitrogens with zero attached hydrogens (tertiary/aromatic N) is 4. The lowest BCUT2D eigenvalue weighted by atomic mass is 9.93. The van der Waals surface area contributed by atoms with Gasteiger partial charge in [0.2, 0.25) is 5.13 Å². The zero-order valence-electron chi connectivity index (χ0n) is 15.8. The van der Waals surface area contributed by atoms with E-state index in [-0.39, 0.29) is 11.6 Å². The Labute approximate surface area is 163 Å². The number of aromatic nitrogens is 2. The van der Waals surface area contributed by atoms with Gasteiger partial charge < -0.3 is 5.73 Å². The van der Waals surface area contributed by atoms with E-state index in [1.54, 1.807) is 11.3 Å². The van der Waals surface area contributed by atoms with Crippen molar-refractivity contribution in [1.82, 2.24) is 9.97 Å². The second-order valence-electron chi connectivity index (χ2n) is 7.69. The van der Waals surface area contributed by atoms with Crippen LogP contribution in [0.25, 0.3) is 0 Å². The molecule has 0 spiro atoms. The Kier molecular flexibility index (Phi) is 4.53. The van der Waals surface area contributed by atoms with Gasteiger partial charge in [-0.2, -0.15) is 5.10 Å². The van der Waals surface area contributed by atoms with E-state index < -0.39 is 0 Å². The number of hydrogen-bond acceptors (Lipinski definition) is 6. The molecule has 0 saturated carbocycles. The van der Waals surface area contributed by atoms with Crippen LogP contribution in [-0.4, -0.2) is 15.7 Å². The highest BCUT2D eigenvalue weighted by Gasteiger charge is 2.29. The van der Waals surface area contributed by atoms with Crippen LogP contribution < -0.4 is 10.7 Å². The molecule has 3 heterocycles. The Morgan fingerprint density at radius 2 is 1.89 bits per heavy atom. The summed E-state index contributed by atoms with van der Waals surface area (Å²) in [7, 11) is 0. The summed E-state index contributed by atoms with van der Waals surface area (Å²) in [6.07, 6.45) is 2.11. The summed E-state index contributed by atoms with van der Waals surface area (Å²) in [6.45, 7) is 6.48. The molecule has 6 heteroatoms. The molecule has 0 radical (unpaired) electrons. The standard InChI is InChI=1S/C21H23N5S/c1-21(2,3)18-13-27-20(24-18)26-19(22)16-10-5-4-9-15(16)17(25-26)12-14-8-6-7-11-23-14/h4-11,13,19H,12,22H2,1-3H3. The molecule has 1 unspecified atom stereocenters. The summed E-state index contributed by atoms with van der Waals surface area (Å²) in [6, 6.07) is 14.1. The fourth-order valence-corrected chi connectivity index (χ4v) is 4.11. The van der Waals surface area contributed by atoms with Gasteiger partial charge in [0.05, 0.1) is 11.4 Å². The number of fused-ring (bicyclic) bond motifs is 1. The average Bonchev–Trinajstić information content (AvgIpc) is 3.15. The van der Waals surface area contributed by atoms with Gasteiger partial charge in [-0.15, -0.1) is 11.3 Å². The van der Waals surface area contributed by atoms with Crippen LogP contribution in [0.3, 0.4) is 0 Å².